The predicted molar refractivity (Wildman–Crippen MR) is 66.4 cm³/mol. The van der Waals surface area contributed by atoms with Crippen molar-refractivity contribution in [3.63, 3.8) is 0 Å². The van der Waals surface area contributed by atoms with E-state index in [9.17, 15) is 23.1 Å². The van der Waals surface area contributed by atoms with Gasteiger partial charge in [0.2, 0.25) is 0 Å². The molecular weight excluding hydrogens is 289 g/mol. The molecule has 0 bridgehead atoms. The molecule has 5 nitrogen and oxygen atoms in total. The Balaban J connectivity index is 3.51. The van der Waals surface area contributed by atoms with Crippen molar-refractivity contribution in [3.8, 4) is 0 Å². The van der Waals surface area contributed by atoms with Crippen LogP contribution in [-0.2, 0) is 15.1 Å². The Hall–Kier alpha value is -2.18. The van der Waals surface area contributed by atoms with Crippen LogP contribution in [0.25, 0.3) is 5.53 Å². The second kappa shape index (κ2) is 6.07. The van der Waals surface area contributed by atoms with E-state index in [0.717, 1.165) is 12.1 Å². The van der Waals surface area contributed by atoms with Crippen molar-refractivity contribution < 1.29 is 32.6 Å². The van der Waals surface area contributed by atoms with Crippen LogP contribution in [0, 0.1) is 6.92 Å². The summed E-state index contributed by atoms with van der Waals surface area (Å²) < 4.78 is 44.2. The number of hydrogen-bond acceptors (Lipinski definition) is 3. The molecule has 0 aromatic heterocycles. The maximum Gasteiger partial charge on any atom is 0.433 e. The molecule has 0 aliphatic rings. The Labute approximate surface area is 118 Å². The first-order chi connectivity index (χ1) is 9.68. The third kappa shape index (κ3) is 3.12. The number of alkyl halides is 3. The number of esters is 1. The van der Waals surface area contributed by atoms with E-state index in [-0.39, 0.29) is 6.61 Å². The van der Waals surface area contributed by atoms with Gasteiger partial charge in [0.15, 0.2) is 0 Å². The van der Waals surface area contributed by atoms with Crippen molar-refractivity contribution in [1.82, 2.24) is 0 Å². The van der Waals surface area contributed by atoms with Gasteiger partial charge in [-0.25, -0.2) is 4.79 Å². The first-order valence-electron chi connectivity index (χ1n) is 5.94. The predicted octanol–water partition coefficient (Wildman–Crippen LogP) is 1.98. The molecule has 1 rings (SSSR count). The van der Waals surface area contributed by atoms with Gasteiger partial charge in [0, 0.05) is 5.56 Å². The number of nitrogens with zero attached hydrogens (tertiary/aromatic N) is 2. The zero-order valence-corrected chi connectivity index (χ0v) is 11.3. The second-order valence-electron chi connectivity index (χ2n) is 4.24. The summed E-state index contributed by atoms with van der Waals surface area (Å²) in [6.07, 6.45) is -5.28. The van der Waals surface area contributed by atoms with Crippen LogP contribution in [0.1, 0.15) is 18.1 Å². The normalized spacial score (nSPS) is 14.0. The van der Waals surface area contributed by atoms with E-state index in [4.69, 9.17) is 5.53 Å². The molecule has 0 radical (unpaired) electrons. The van der Waals surface area contributed by atoms with Crippen LogP contribution in [0.15, 0.2) is 24.3 Å². The lowest BCUT2D eigenvalue weighted by Crippen LogP contribution is -2.53. The summed E-state index contributed by atoms with van der Waals surface area (Å²) in [4.78, 5) is 13.9. The van der Waals surface area contributed by atoms with Gasteiger partial charge in [0.05, 0.1) is 6.61 Å². The van der Waals surface area contributed by atoms with Crippen LogP contribution in [0.2, 0.25) is 0 Å². The lowest BCUT2D eigenvalue weighted by atomic mass is 9.87. The zero-order valence-electron chi connectivity index (χ0n) is 11.3. The highest BCUT2D eigenvalue weighted by Crippen LogP contribution is 2.40. The average Bonchev–Trinajstić information content (AvgIpc) is 2.39. The van der Waals surface area contributed by atoms with Gasteiger partial charge in [0.1, 0.15) is 0 Å². The first-order valence-corrected chi connectivity index (χ1v) is 5.94. The van der Waals surface area contributed by atoms with Crippen molar-refractivity contribution >= 4 is 11.7 Å². The van der Waals surface area contributed by atoms with E-state index < -0.39 is 29.0 Å². The molecule has 1 aromatic rings. The van der Waals surface area contributed by atoms with E-state index >= 15 is 0 Å². The molecule has 0 saturated carbocycles. The maximum atomic E-state index is 13.3. The number of aryl methyl sites for hydroxylation is 1. The number of hydrogen-bond donors (Lipinski definition) is 1. The molecule has 1 unspecified atom stereocenters. The van der Waals surface area contributed by atoms with Crippen LogP contribution in [0.5, 0.6) is 0 Å². The Morgan fingerprint density at radius 1 is 1.33 bits per heavy atom. The summed E-state index contributed by atoms with van der Waals surface area (Å²) in [6.45, 7) is 2.77. The number of carbonyl (C=O) groups is 1. The molecule has 0 saturated heterocycles. The van der Waals surface area contributed by atoms with Gasteiger partial charge in [0.25, 0.3) is 5.60 Å². The van der Waals surface area contributed by atoms with E-state index in [1.54, 1.807) is 6.92 Å². The summed E-state index contributed by atoms with van der Waals surface area (Å²) in [5.41, 5.74) is 3.46. The molecular formula is C13H13F3N2O3. The molecule has 21 heavy (non-hydrogen) atoms. The smallest absolute Gasteiger partial charge is 0.433 e. The van der Waals surface area contributed by atoms with Crippen LogP contribution >= 0.6 is 0 Å². The van der Waals surface area contributed by atoms with Gasteiger partial charge in [-0.15, -0.1) is 0 Å². The highest BCUT2D eigenvalue weighted by Gasteiger charge is 2.66. The highest BCUT2D eigenvalue weighted by atomic mass is 19.4. The summed E-state index contributed by atoms with van der Waals surface area (Å²) >= 11 is 0. The van der Waals surface area contributed by atoms with E-state index in [1.165, 1.54) is 19.1 Å². The molecule has 0 heterocycles. The SMILES string of the molecule is CCOC(=O)C(=[N+]=[N-])C(O)(c1ccc(C)cc1)C(F)(F)F. The number of carbonyl (C=O) groups excluding carboxylic acids is 1. The van der Waals surface area contributed by atoms with Gasteiger partial charge in [-0.05, 0) is 13.8 Å². The van der Waals surface area contributed by atoms with Crippen LogP contribution in [0.4, 0.5) is 13.2 Å². The quantitative estimate of drug-likeness (QED) is 0.399. The highest BCUT2D eigenvalue weighted by molar-refractivity contribution is 6.37. The van der Waals surface area contributed by atoms with Crippen molar-refractivity contribution in [1.29, 1.82) is 0 Å². The molecule has 0 amide bonds. The maximum absolute atomic E-state index is 13.3. The lowest BCUT2D eigenvalue weighted by molar-refractivity contribution is -0.247. The van der Waals surface area contributed by atoms with Gasteiger partial charge >= 0.3 is 17.9 Å². The Morgan fingerprint density at radius 2 is 1.86 bits per heavy atom. The number of ether oxygens (including phenoxy) is 1. The lowest BCUT2D eigenvalue weighted by Gasteiger charge is -2.26. The van der Waals surface area contributed by atoms with E-state index in [1.807, 2.05) is 0 Å². The zero-order chi connectivity index (χ0) is 16.3. The third-order valence-electron chi connectivity index (χ3n) is 2.79. The summed E-state index contributed by atoms with van der Waals surface area (Å²) in [5, 5.41) is 10.1. The van der Waals surface area contributed by atoms with Crippen molar-refractivity contribution in [2.45, 2.75) is 25.6 Å². The molecule has 0 spiro atoms. The Kier molecular flexibility index (Phi) is 4.88. The van der Waals surface area contributed by atoms with Gasteiger partial charge in [-0.2, -0.15) is 18.0 Å². The van der Waals surface area contributed by atoms with Crippen molar-refractivity contribution in [2.24, 2.45) is 0 Å². The number of aliphatic hydroxyl groups is 1. The minimum Gasteiger partial charge on any atom is -0.457 e. The monoisotopic (exact) mass is 302 g/mol. The summed E-state index contributed by atoms with van der Waals surface area (Å²) in [5.74, 6) is -1.56. The van der Waals surface area contributed by atoms with Crippen molar-refractivity contribution in [2.75, 3.05) is 6.61 Å². The molecule has 1 aromatic carbocycles. The van der Waals surface area contributed by atoms with E-state index in [2.05, 4.69) is 9.53 Å². The van der Waals surface area contributed by atoms with Gasteiger partial charge in [-0.1, -0.05) is 29.8 Å². The molecule has 1 N–H and O–H groups in total. The standard InChI is InChI=1S/C13H13F3N2O3/c1-3-21-11(19)10(18-17)12(20,13(14,15)16)9-6-4-8(2)5-7-9/h4-7,20H,3H2,1-2H3. The van der Waals surface area contributed by atoms with E-state index in [0.29, 0.717) is 5.56 Å². The summed E-state index contributed by atoms with van der Waals surface area (Å²) in [6, 6.07) is 4.64. The fraction of sp³-hybridized carbons (Fsp3) is 0.385. The number of benzene rings is 1. The summed E-state index contributed by atoms with van der Waals surface area (Å²) in [7, 11) is 0. The Morgan fingerprint density at radius 3 is 2.24 bits per heavy atom. The molecule has 8 heteroatoms. The number of halogens is 3. The number of rotatable bonds is 4. The molecule has 1 atom stereocenters. The van der Waals surface area contributed by atoms with Crippen molar-refractivity contribution in [3.05, 3.63) is 40.9 Å². The van der Waals surface area contributed by atoms with Crippen LogP contribution in [0.3, 0.4) is 0 Å². The van der Waals surface area contributed by atoms with Gasteiger partial charge in [-0.3, -0.25) is 0 Å². The third-order valence-corrected chi connectivity index (χ3v) is 2.79. The average molecular weight is 302 g/mol. The van der Waals surface area contributed by atoms with Crippen LogP contribution in [-0.4, -0.2) is 34.4 Å². The first kappa shape index (κ1) is 16.9. The minimum atomic E-state index is -5.28. The van der Waals surface area contributed by atoms with Gasteiger partial charge < -0.3 is 15.4 Å². The second-order valence-corrected chi connectivity index (χ2v) is 4.24. The minimum absolute atomic E-state index is 0.236. The topological polar surface area (TPSA) is 82.9 Å². The molecule has 0 aliphatic heterocycles. The Bertz CT molecular complexity index is 577. The van der Waals surface area contributed by atoms with Crippen LogP contribution < -0.4 is 0 Å². The fourth-order valence-corrected chi connectivity index (χ4v) is 1.69. The molecule has 0 aliphatic carbocycles. The largest absolute Gasteiger partial charge is 0.457 e. The fourth-order valence-electron chi connectivity index (χ4n) is 1.69. The molecule has 114 valence electrons. The molecule has 0 fully saturated rings.